The van der Waals surface area contributed by atoms with E-state index in [4.69, 9.17) is 4.42 Å². The monoisotopic (exact) mass is 2530 g/mol. The number of hydrogen-bond acceptors (Lipinski definition) is 8. The SMILES string of the molecule is [Ir].[Ir].[Ir].[Ir].[c-]1ccc(-c2ccc3c(c2)c2cc4c(cc2n3-c2ccccc2)sc2ccccc24)cc1-c1ccccn1.[c-]1ccc(-n2c3ccccc3c3cc4oc5ccccc5c4cc32)cc1-c1ccccn1.[c-]1ccc(-n2c3ccccc3c3cc4sc5ccccc5c4cc32)cc1-c1ccccn1.[c-]1ccc(-n2c3ccccc3c3ccc4sc5ccccc5c4c32)cc1-c1ccccn1. The Labute approximate surface area is 858 Å². The average molecular weight is 2530 g/mol. The zero-order chi connectivity index (χ0) is 88.3. The van der Waals surface area contributed by atoms with Crippen LogP contribution < -0.4 is 0 Å². The summed E-state index contributed by atoms with van der Waals surface area (Å²) in [5.41, 5.74) is 26.0. The number of fused-ring (bicyclic) bond motifs is 25. The normalized spacial score (nSPS) is 11.4. The van der Waals surface area contributed by atoms with E-state index in [1.165, 1.54) is 148 Å². The maximum atomic E-state index is 6.18. The summed E-state index contributed by atoms with van der Waals surface area (Å²) in [5, 5.41) is 20.2. The topological polar surface area (TPSA) is 84.4 Å². The largest absolute Gasteiger partial charge is 0.456 e. The van der Waals surface area contributed by atoms with Crippen LogP contribution in [0.4, 0.5) is 0 Å². The third kappa shape index (κ3) is 15.6. The first-order chi connectivity index (χ1) is 66.4. The van der Waals surface area contributed by atoms with Gasteiger partial charge in [0.25, 0.3) is 0 Å². The summed E-state index contributed by atoms with van der Waals surface area (Å²) in [6.45, 7) is 0. The Morgan fingerprint density at radius 1 is 0.203 bits per heavy atom. The summed E-state index contributed by atoms with van der Waals surface area (Å²) < 4.78 is 23.6. The van der Waals surface area contributed by atoms with Crippen molar-refractivity contribution in [3.63, 3.8) is 0 Å². The number of aromatic nitrogens is 8. The van der Waals surface area contributed by atoms with Crippen molar-refractivity contribution in [2.75, 3.05) is 0 Å². The van der Waals surface area contributed by atoms with Crippen molar-refractivity contribution in [3.8, 4) is 78.9 Å². The van der Waals surface area contributed by atoms with Gasteiger partial charge in [0.2, 0.25) is 0 Å². The molecule has 29 aromatic rings. The number of rotatable bonds is 9. The smallest absolute Gasteiger partial charge is 0.136 e. The minimum atomic E-state index is 0. The fraction of sp³-hybridized carbons (Fsp3) is 0. The molecular weight excluding hydrogens is 2460 g/mol. The summed E-state index contributed by atoms with van der Waals surface area (Å²) in [7, 11) is 0. The first-order valence-electron chi connectivity index (χ1n) is 44.7. The summed E-state index contributed by atoms with van der Waals surface area (Å²) >= 11 is 5.60. The maximum absolute atomic E-state index is 6.18. The molecule has 0 spiro atoms. The molecule has 4 radical (unpaired) electrons. The van der Waals surface area contributed by atoms with Crippen LogP contribution in [0.5, 0.6) is 0 Å². The van der Waals surface area contributed by atoms with Crippen molar-refractivity contribution < 1.29 is 84.8 Å². The van der Waals surface area contributed by atoms with Crippen LogP contribution in [-0.4, -0.2) is 38.2 Å². The maximum Gasteiger partial charge on any atom is 0.136 e. The summed E-state index contributed by atoms with van der Waals surface area (Å²) in [6.07, 6.45) is 7.30. The van der Waals surface area contributed by atoms with E-state index in [1.54, 1.807) is 0 Å². The fourth-order valence-corrected chi connectivity index (χ4v) is 23.2. The summed E-state index contributed by atoms with van der Waals surface area (Å²) in [4.78, 5) is 18.1. The molecule has 0 unspecified atom stereocenters. The zero-order valence-corrected chi connectivity index (χ0v) is 85.1. The van der Waals surface area contributed by atoms with Crippen LogP contribution in [0.3, 0.4) is 0 Å². The molecule has 0 atom stereocenters. The van der Waals surface area contributed by atoms with Crippen LogP contribution in [0, 0.1) is 24.3 Å². The molecule has 12 aromatic heterocycles. The Hall–Kier alpha value is -14.4. The minimum Gasteiger partial charge on any atom is -0.456 e. The molecule has 0 saturated carbocycles. The van der Waals surface area contributed by atoms with E-state index in [0.717, 1.165) is 101 Å². The number of para-hydroxylation sites is 5. The van der Waals surface area contributed by atoms with E-state index in [-0.39, 0.29) is 80.4 Å². The Morgan fingerprint density at radius 2 is 0.587 bits per heavy atom. The molecule has 0 aliphatic carbocycles. The van der Waals surface area contributed by atoms with E-state index in [0.29, 0.717) is 0 Å². The number of nitrogens with zero attached hydrogens (tertiary/aromatic N) is 8. The molecule has 664 valence electrons. The van der Waals surface area contributed by atoms with Crippen LogP contribution in [0.2, 0.25) is 0 Å². The van der Waals surface area contributed by atoms with E-state index < -0.39 is 0 Å². The second-order valence-electron chi connectivity index (χ2n) is 33.5. The Bertz CT molecular complexity index is 9420. The molecule has 12 heterocycles. The molecule has 0 saturated heterocycles. The molecular formula is C122H72Ir4N8OS3-4. The van der Waals surface area contributed by atoms with Crippen LogP contribution >= 0.6 is 34.0 Å². The Kier molecular flexibility index (Phi) is 24.2. The van der Waals surface area contributed by atoms with Gasteiger partial charge in [-0.1, -0.05) is 206 Å². The zero-order valence-electron chi connectivity index (χ0n) is 73.1. The van der Waals surface area contributed by atoms with Gasteiger partial charge in [0, 0.05) is 225 Å². The predicted molar refractivity (Wildman–Crippen MR) is 563 cm³/mol. The number of furan rings is 1. The quantitative estimate of drug-likeness (QED) is 0.134. The van der Waals surface area contributed by atoms with Crippen molar-refractivity contribution in [2.45, 2.75) is 0 Å². The first kappa shape index (κ1) is 88.8. The fourth-order valence-electron chi connectivity index (χ4n) is 19.8. The Morgan fingerprint density at radius 3 is 1.14 bits per heavy atom. The van der Waals surface area contributed by atoms with E-state index >= 15 is 0 Å². The van der Waals surface area contributed by atoms with Crippen LogP contribution in [0.1, 0.15) is 0 Å². The van der Waals surface area contributed by atoms with E-state index in [1.807, 2.05) is 168 Å². The number of hydrogen-bond donors (Lipinski definition) is 0. The third-order valence-corrected chi connectivity index (χ3v) is 29.2. The van der Waals surface area contributed by atoms with Gasteiger partial charge in [0.15, 0.2) is 0 Å². The van der Waals surface area contributed by atoms with Gasteiger partial charge in [-0.15, -0.1) is 159 Å². The van der Waals surface area contributed by atoms with Crippen LogP contribution in [0.15, 0.2) is 442 Å². The van der Waals surface area contributed by atoms with Crippen molar-refractivity contribution >= 4 is 204 Å². The van der Waals surface area contributed by atoms with Gasteiger partial charge in [0.05, 0.1) is 44.1 Å². The first-order valence-corrected chi connectivity index (χ1v) is 47.1. The molecule has 0 aliphatic rings. The number of pyridine rings is 4. The van der Waals surface area contributed by atoms with Crippen LogP contribution in [0.25, 0.3) is 249 Å². The molecule has 17 aromatic carbocycles. The predicted octanol–water partition coefficient (Wildman–Crippen LogP) is 33.2. The van der Waals surface area contributed by atoms with E-state index in [2.05, 4.69) is 366 Å². The summed E-state index contributed by atoms with van der Waals surface area (Å²) in [6, 6.07) is 159. The summed E-state index contributed by atoms with van der Waals surface area (Å²) in [5.74, 6) is 0. The second kappa shape index (κ2) is 37.6. The van der Waals surface area contributed by atoms with E-state index in [9.17, 15) is 0 Å². The Balaban J connectivity index is 0.000000105. The van der Waals surface area contributed by atoms with Crippen molar-refractivity contribution in [2.24, 2.45) is 0 Å². The third-order valence-electron chi connectivity index (χ3n) is 25.8. The van der Waals surface area contributed by atoms with Crippen molar-refractivity contribution in [3.05, 3.63) is 462 Å². The molecule has 0 fully saturated rings. The molecule has 29 rings (SSSR count). The van der Waals surface area contributed by atoms with Crippen LogP contribution in [-0.2, 0) is 80.4 Å². The van der Waals surface area contributed by atoms with Crippen molar-refractivity contribution in [1.29, 1.82) is 0 Å². The van der Waals surface area contributed by atoms with Gasteiger partial charge in [-0.05, 0) is 179 Å². The molecule has 0 bridgehead atoms. The van der Waals surface area contributed by atoms with Gasteiger partial charge < -0.3 is 42.6 Å². The molecule has 138 heavy (non-hydrogen) atoms. The van der Waals surface area contributed by atoms with Gasteiger partial charge in [-0.25, -0.2) is 0 Å². The number of thiophene rings is 3. The van der Waals surface area contributed by atoms with Gasteiger partial charge in [-0.2, -0.15) is 0 Å². The number of benzene rings is 17. The molecule has 0 N–H and O–H groups in total. The molecule has 16 heteroatoms. The standard InChI is InChI=1S/C35H21N2S.C29H17N2O.2C29H17N2S.4Ir/c1-2-11-26(12-3-1)37-32-17-16-24(23-9-8-10-25(19-23)31-14-6-7-18-36-31)20-28(32)29-21-30-27-13-4-5-15-34(27)38-35(30)22-33(29)37;1-3-13-26-21(10-1)23-18-29-24(22-11-2-4-14-28(22)32-29)17-27(23)31(26)20-9-7-8-19(16-20)25-12-5-6-15-30-25;1-3-13-25-21(10-1)22-15-16-27-28(23-11-2-4-14-26(23)32-27)29(22)31(25)20-9-7-8-19(18-20)24-12-5-6-17-30-24;1-3-13-26-21(10-1)23-18-29-24(22-11-2-4-14-28(22)32-29)17-27(23)31(26)20-9-7-8-19(16-20)25-12-5-6-15-30-25;;;;/h1-9,11-22H;3*1-7,9-18H;;;;/q4*-1;;;;. The molecule has 0 aliphatic heterocycles. The average Bonchev–Trinajstić information content (AvgIpc) is 1.49. The molecule has 9 nitrogen and oxygen atoms in total. The minimum absolute atomic E-state index is 0. The second-order valence-corrected chi connectivity index (χ2v) is 36.8. The van der Waals surface area contributed by atoms with Crippen molar-refractivity contribution in [1.82, 2.24) is 38.2 Å². The van der Waals surface area contributed by atoms with Gasteiger partial charge in [-0.3, -0.25) is 0 Å². The van der Waals surface area contributed by atoms with Gasteiger partial charge in [0.1, 0.15) is 11.2 Å². The van der Waals surface area contributed by atoms with Gasteiger partial charge >= 0.3 is 0 Å². The molecule has 0 amide bonds.